The maximum atomic E-state index is 5.56. The molecule has 0 amide bonds. The number of rotatable bonds is 5. The molecule has 88 valence electrons. The zero-order valence-electron chi connectivity index (χ0n) is 9.32. The van der Waals surface area contributed by atoms with Crippen LogP contribution in [-0.2, 0) is 11.3 Å². The number of nitrogens with one attached hydrogen (secondary N) is 1. The standard InChI is InChI=1S/C11H17N3O2/c1-2-9(12-5-1)6-15-7-10-13-11(14-16-10)8-3-4-8/h8-9,12H,1-7H2. The molecule has 1 saturated carbocycles. The third kappa shape index (κ3) is 2.41. The number of ether oxygens (including phenoxy) is 1. The molecule has 1 atom stereocenters. The van der Waals surface area contributed by atoms with Gasteiger partial charge in [0.2, 0.25) is 0 Å². The van der Waals surface area contributed by atoms with Gasteiger partial charge in [-0.25, -0.2) is 0 Å². The molecule has 1 aromatic rings. The summed E-state index contributed by atoms with van der Waals surface area (Å²) in [5, 5.41) is 7.33. The summed E-state index contributed by atoms with van der Waals surface area (Å²) in [5.74, 6) is 2.02. The van der Waals surface area contributed by atoms with Gasteiger partial charge in [0.05, 0.1) is 6.61 Å². The van der Waals surface area contributed by atoms with E-state index >= 15 is 0 Å². The van der Waals surface area contributed by atoms with Gasteiger partial charge in [0.25, 0.3) is 5.89 Å². The Morgan fingerprint density at radius 2 is 2.31 bits per heavy atom. The molecule has 16 heavy (non-hydrogen) atoms. The largest absolute Gasteiger partial charge is 0.370 e. The van der Waals surface area contributed by atoms with Gasteiger partial charge in [-0.3, -0.25) is 0 Å². The third-order valence-corrected chi connectivity index (χ3v) is 3.13. The van der Waals surface area contributed by atoms with Crippen LogP contribution in [0.3, 0.4) is 0 Å². The lowest BCUT2D eigenvalue weighted by atomic mass is 10.2. The van der Waals surface area contributed by atoms with Crippen molar-refractivity contribution >= 4 is 0 Å². The maximum absolute atomic E-state index is 5.56. The molecule has 1 unspecified atom stereocenters. The summed E-state index contributed by atoms with van der Waals surface area (Å²) in [5.41, 5.74) is 0. The summed E-state index contributed by atoms with van der Waals surface area (Å²) in [6, 6.07) is 0.505. The van der Waals surface area contributed by atoms with E-state index in [-0.39, 0.29) is 0 Å². The van der Waals surface area contributed by atoms with Crippen molar-refractivity contribution < 1.29 is 9.26 Å². The summed E-state index contributed by atoms with van der Waals surface area (Å²) in [4.78, 5) is 4.31. The minimum absolute atomic E-state index is 0.442. The van der Waals surface area contributed by atoms with Gasteiger partial charge in [-0.15, -0.1) is 0 Å². The van der Waals surface area contributed by atoms with Crippen LogP contribution < -0.4 is 5.32 Å². The van der Waals surface area contributed by atoms with Crippen molar-refractivity contribution in [3.63, 3.8) is 0 Å². The van der Waals surface area contributed by atoms with Gasteiger partial charge in [-0.1, -0.05) is 5.16 Å². The Balaban J connectivity index is 1.42. The van der Waals surface area contributed by atoms with Gasteiger partial charge in [-0.05, 0) is 32.2 Å². The van der Waals surface area contributed by atoms with Gasteiger partial charge in [0.1, 0.15) is 6.61 Å². The molecule has 1 aromatic heterocycles. The molecule has 2 fully saturated rings. The average Bonchev–Trinajstić information content (AvgIpc) is 2.83. The number of hydrogen-bond donors (Lipinski definition) is 1. The van der Waals surface area contributed by atoms with Crippen LogP contribution in [0.5, 0.6) is 0 Å². The molecule has 1 N–H and O–H groups in total. The molecule has 0 radical (unpaired) electrons. The van der Waals surface area contributed by atoms with E-state index in [0.717, 1.165) is 19.0 Å². The Kier molecular flexibility index (Phi) is 2.88. The predicted molar refractivity (Wildman–Crippen MR) is 57.0 cm³/mol. The second-order valence-corrected chi connectivity index (χ2v) is 4.63. The molecule has 1 saturated heterocycles. The Bertz CT molecular complexity index is 343. The van der Waals surface area contributed by atoms with Crippen LogP contribution in [0.2, 0.25) is 0 Å². The van der Waals surface area contributed by atoms with E-state index in [0.29, 0.717) is 24.5 Å². The average molecular weight is 223 g/mol. The van der Waals surface area contributed by atoms with Gasteiger partial charge in [0, 0.05) is 12.0 Å². The second kappa shape index (κ2) is 4.51. The van der Waals surface area contributed by atoms with E-state index in [1.54, 1.807) is 0 Å². The van der Waals surface area contributed by atoms with Crippen molar-refractivity contribution in [2.75, 3.05) is 13.2 Å². The molecule has 2 aliphatic rings. The van der Waals surface area contributed by atoms with Crippen molar-refractivity contribution in [2.24, 2.45) is 0 Å². The summed E-state index contributed by atoms with van der Waals surface area (Å²) < 4.78 is 10.7. The van der Waals surface area contributed by atoms with Crippen LogP contribution in [0, 0.1) is 0 Å². The van der Waals surface area contributed by atoms with Crippen molar-refractivity contribution in [1.29, 1.82) is 0 Å². The third-order valence-electron chi connectivity index (χ3n) is 3.13. The highest BCUT2D eigenvalue weighted by atomic mass is 16.5. The smallest absolute Gasteiger partial charge is 0.252 e. The molecule has 3 rings (SSSR count). The molecule has 0 spiro atoms. The topological polar surface area (TPSA) is 60.2 Å². The lowest BCUT2D eigenvalue weighted by molar-refractivity contribution is 0.0831. The Hall–Kier alpha value is -0.940. The highest BCUT2D eigenvalue weighted by Crippen LogP contribution is 2.38. The first-order chi connectivity index (χ1) is 7.92. The SMILES string of the molecule is C1CNC(COCc2nc(C3CC3)no2)C1. The van der Waals surface area contributed by atoms with E-state index in [4.69, 9.17) is 9.26 Å². The molecule has 1 aliphatic heterocycles. The van der Waals surface area contributed by atoms with E-state index in [2.05, 4.69) is 15.5 Å². The van der Waals surface area contributed by atoms with E-state index in [9.17, 15) is 0 Å². The van der Waals surface area contributed by atoms with Crippen LogP contribution >= 0.6 is 0 Å². The minimum Gasteiger partial charge on any atom is -0.370 e. The molecule has 2 heterocycles. The Morgan fingerprint density at radius 1 is 1.38 bits per heavy atom. The van der Waals surface area contributed by atoms with Crippen molar-refractivity contribution in [2.45, 2.75) is 44.2 Å². The van der Waals surface area contributed by atoms with Gasteiger partial charge in [-0.2, -0.15) is 4.98 Å². The fraction of sp³-hybridized carbons (Fsp3) is 0.818. The summed E-state index contributed by atoms with van der Waals surface area (Å²) >= 11 is 0. The van der Waals surface area contributed by atoms with Crippen LogP contribution in [-0.4, -0.2) is 29.3 Å². The molecule has 5 heteroatoms. The molecular weight excluding hydrogens is 206 g/mol. The lowest BCUT2D eigenvalue weighted by Gasteiger charge is -2.08. The molecule has 1 aliphatic carbocycles. The minimum atomic E-state index is 0.442. The fourth-order valence-electron chi connectivity index (χ4n) is 2.02. The summed E-state index contributed by atoms with van der Waals surface area (Å²) in [6.45, 7) is 2.29. The second-order valence-electron chi connectivity index (χ2n) is 4.63. The normalized spacial score (nSPS) is 25.1. The van der Waals surface area contributed by atoms with E-state index in [1.165, 1.54) is 25.7 Å². The lowest BCUT2D eigenvalue weighted by Crippen LogP contribution is -2.26. The van der Waals surface area contributed by atoms with Crippen LogP contribution in [0.1, 0.15) is 43.3 Å². The highest BCUT2D eigenvalue weighted by Gasteiger charge is 2.28. The van der Waals surface area contributed by atoms with Gasteiger partial charge < -0.3 is 14.6 Å². The van der Waals surface area contributed by atoms with Crippen LogP contribution in [0.25, 0.3) is 0 Å². The van der Waals surface area contributed by atoms with Gasteiger partial charge >= 0.3 is 0 Å². The van der Waals surface area contributed by atoms with Crippen molar-refractivity contribution in [3.05, 3.63) is 11.7 Å². The van der Waals surface area contributed by atoms with Crippen molar-refractivity contribution in [3.8, 4) is 0 Å². The van der Waals surface area contributed by atoms with Crippen molar-refractivity contribution in [1.82, 2.24) is 15.5 Å². The Morgan fingerprint density at radius 3 is 3.06 bits per heavy atom. The summed E-state index contributed by atoms with van der Waals surface area (Å²) in [7, 11) is 0. The fourth-order valence-corrected chi connectivity index (χ4v) is 2.02. The molecular formula is C11H17N3O2. The zero-order chi connectivity index (χ0) is 10.8. The molecule has 5 nitrogen and oxygen atoms in total. The monoisotopic (exact) mass is 223 g/mol. The van der Waals surface area contributed by atoms with Gasteiger partial charge in [0.15, 0.2) is 5.82 Å². The number of aromatic nitrogens is 2. The maximum Gasteiger partial charge on any atom is 0.252 e. The predicted octanol–water partition coefficient (Wildman–Crippen LogP) is 1.22. The first-order valence-electron chi connectivity index (χ1n) is 6.05. The summed E-state index contributed by atoms with van der Waals surface area (Å²) in [6.07, 6.45) is 4.86. The Labute approximate surface area is 94.6 Å². The number of hydrogen-bond acceptors (Lipinski definition) is 5. The quantitative estimate of drug-likeness (QED) is 0.813. The van der Waals surface area contributed by atoms with Crippen LogP contribution in [0.15, 0.2) is 4.52 Å². The first kappa shape index (κ1) is 10.2. The van der Waals surface area contributed by atoms with Crippen LogP contribution in [0.4, 0.5) is 0 Å². The first-order valence-corrected chi connectivity index (χ1v) is 6.05. The highest BCUT2D eigenvalue weighted by molar-refractivity contribution is 5.02. The van der Waals surface area contributed by atoms with E-state index in [1.807, 2.05) is 0 Å². The zero-order valence-corrected chi connectivity index (χ0v) is 9.32. The number of nitrogens with zero attached hydrogens (tertiary/aromatic N) is 2. The molecule has 0 bridgehead atoms. The molecule has 0 aromatic carbocycles. The van der Waals surface area contributed by atoms with E-state index < -0.39 is 0 Å².